The normalized spacial score (nSPS) is 12.8. The van der Waals surface area contributed by atoms with E-state index in [9.17, 15) is 14.7 Å². The number of halogens is 1. The third-order valence-electron chi connectivity index (χ3n) is 2.93. The van der Waals surface area contributed by atoms with Gasteiger partial charge in [-0.05, 0) is 23.6 Å². The molecule has 5 nitrogen and oxygen atoms in total. The van der Waals surface area contributed by atoms with Crippen LogP contribution in [0.2, 0.25) is 0 Å². The van der Waals surface area contributed by atoms with Gasteiger partial charge >= 0.3 is 5.97 Å². The lowest BCUT2D eigenvalue weighted by Gasteiger charge is -2.30. The fourth-order valence-corrected chi connectivity index (χ4v) is 2.04. The van der Waals surface area contributed by atoms with E-state index < -0.39 is 23.3 Å². The summed E-state index contributed by atoms with van der Waals surface area (Å²) in [6.45, 7) is 5.55. The highest BCUT2D eigenvalue weighted by molar-refractivity contribution is 9.10. The molecule has 0 heterocycles. The average Bonchev–Trinajstić information content (AvgIpc) is 2.29. The average molecular weight is 344 g/mol. The number of benzene rings is 1. The summed E-state index contributed by atoms with van der Waals surface area (Å²) in [6.07, 6.45) is -0.177. The van der Waals surface area contributed by atoms with Crippen molar-refractivity contribution in [1.29, 1.82) is 0 Å². The fraction of sp³-hybridized carbons (Fsp3) is 0.429. The van der Waals surface area contributed by atoms with Gasteiger partial charge in [0.15, 0.2) is 0 Å². The predicted molar refractivity (Wildman–Crippen MR) is 78.8 cm³/mol. The van der Waals surface area contributed by atoms with Crippen LogP contribution in [0.25, 0.3) is 0 Å². The van der Waals surface area contributed by atoms with Gasteiger partial charge in [0, 0.05) is 10.5 Å². The second kappa shape index (κ2) is 6.26. The van der Waals surface area contributed by atoms with Crippen molar-refractivity contribution in [2.24, 2.45) is 5.41 Å². The molecule has 0 spiro atoms. The summed E-state index contributed by atoms with van der Waals surface area (Å²) in [5, 5.41) is 21.3. The SMILES string of the molecule is CC(C)(C)C(CC(=O)O)NC(=O)c1cc(Br)ccc1O. The number of amides is 1. The Hall–Kier alpha value is -1.56. The molecule has 0 saturated heterocycles. The number of carboxylic acids is 1. The molecule has 0 radical (unpaired) electrons. The van der Waals surface area contributed by atoms with Crippen LogP contribution in [-0.2, 0) is 4.79 Å². The number of carbonyl (C=O) groups is 2. The zero-order chi connectivity index (χ0) is 15.5. The third-order valence-corrected chi connectivity index (χ3v) is 3.43. The lowest BCUT2D eigenvalue weighted by Crippen LogP contribution is -2.45. The zero-order valence-corrected chi connectivity index (χ0v) is 13.2. The quantitative estimate of drug-likeness (QED) is 0.784. The number of phenols is 1. The van der Waals surface area contributed by atoms with E-state index in [1.807, 2.05) is 20.8 Å². The highest BCUT2D eigenvalue weighted by Gasteiger charge is 2.29. The van der Waals surface area contributed by atoms with Crippen LogP contribution < -0.4 is 5.32 Å². The lowest BCUT2D eigenvalue weighted by atomic mass is 9.84. The smallest absolute Gasteiger partial charge is 0.305 e. The summed E-state index contributed by atoms with van der Waals surface area (Å²) in [5.74, 6) is -1.62. The second-order valence-corrected chi connectivity index (χ2v) is 6.57. The zero-order valence-electron chi connectivity index (χ0n) is 11.6. The van der Waals surface area contributed by atoms with Crippen molar-refractivity contribution in [3.8, 4) is 5.75 Å². The molecule has 20 heavy (non-hydrogen) atoms. The van der Waals surface area contributed by atoms with Gasteiger partial charge in [0.1, 0.15) is 5.75 Å². The maximum Gasteiger partial charge on any atom is 0.305 e. The monoisotopic (exact) mass is 343 g/mol. The maximum absolute atomic E-state index is 12.2. The van der Waals surface area contributed by atoms with Gasteiger partial charge in [0.2, 0.25) is 0 Å². The fourth-order valence-electron chi connectivity index (χ4n) is 1.67. The van der Waals surface area contributed by atoms with Gasteiger partial charge in [-0.1, -0.05) is 36.7 Å². The summed E-state index contributed by atoms with van der Waals surface area (Å²) >= 11 is 3.23. The van der Waals surface area contributed by atoms with Crippen molar-refractivity contribution in [1.82, 2.24) is 5.32 Å². The molecule has 1 unspecified atom stereocenters. The second-order valence-electron chi connectivity index (χ2n) is 5.65. The number of hydrogen-bond acceptors (Lipinski definition) is 3. The van der Waals surface area contributed by atoms with Crippen LogP contribution in [0, 0.1) is 5.41 Å². The van der Waals surface area contributed by atoms with Gasteiger partial charge in [0.05, 0.1) is 12.0 Å². The van der Waals surface area contributed by atoms with E-state index >= 15 is 0 Å². The van der Waals surface area contributed by atoms with Crippen LogP contribution in [0.1, 0.15) is 37.6 Å². The number of hydrogen-bond donors (Lipinski definition) is 3. The Morgan fingerprint density at radius 3 is 2.45 bits per heavy atom. The molecule has 1 amide bonds. The Morgan fingerprint density at radius 2 is 1.95 bits per heavy atom. The van der Waals surface area contributed by atoms with Crippen molar-refractivity contribution in [2.45, 2.75) is 33.2 Å². The molecule has 1 rings (SSSR count). The number of carboxylic acid groups (broad SMARTS) is 1. The molecule has 0 aliphatic rings. The van der Waals surface area contributed by atoms with Crippen molar-refractivity contribution in [3.05, 3.63) is 28.2 Å². The van der Waals surface area contributed by atoms with Gasteiger partial charge in [-0.3, -0.25) is 9.59 Å². The van der Waals surface area contributed by atoms with Crippen LogP contribution in [-0.4, -0.2) is 28.1 Å². The molecule has 0 aliphatic heterocycles. The summed E-state index contributed by atoms with van der Waals surface area (Å²) in [7, 11) is 0. The minimum Gasteiger partial charge on any atom is -0.507 e. The van der Waals surface area contributed by atoms with Crippen LogP contribution in [0.4, 0.5) is 0 Å². The number of aromatic hydroxyl groups is 1. The van der Waals surface area contributed by atoms with Crippen molar-refractivity contribution >= 4 is 27.8 Å². The molecule has 1 atom stereocenters. The van der Waals surface area contributed by atoms with Gasteiger partial charge in [-0.15, -0.1) is 0 Å². The van der Waals surface area contributed by atoms with E-state index in [0.717, 1.165) is 0 Å². The predicted octanol–water partition coefficient (Wildman–Crippen LogP) is 2.77. The third kappa shape index (κ3) is 4.52. The Balaban J connectivity index is 2.96. The first-order valence-electron chi connectivity index (χ1n) is 6.12. The molecule has 110 valence electrons. The number of rotatable bonds is 4. The van der Waals surface area contributed by atoms with Crippen molar-refractivity contribution < 1.29 is 19.8 Å². The summed E-state index contributed by atoms with van der Waals surface area (Å²) in [4.78, 5) is 23.1. The van der Waals surface area contributed by atoms with Crippen molar-refractivity contribution in [2.75, 3.05) is 0 Å². The summed E-state index contributed by atoms with van der Waals surface area (Å²) < 4.78 is 0.658. The first kappa shape index (κ1) is 16.5. The Kier molecular flexibility index (Phi) is 5.16. The first-order valence-corrected chi connectivity index (χ1v) is 6.91. The molecule has 0 fully saturated rings. The topological polar surface area (TPSA) is 86.6 Å². The van der Waals surface area contributed by atoms with Crippen LogP contribution in [0.5, 0.6) is 5.75 Å². The molecule has 1 aromatic rings. The van der Waals surface area contributed by atoms with E-state index in [-0.39, 0.29) is 17.7 Å². The lowest BCUT2D eigenvalue weighted by molar-refractivity contribution is -0.138. The number of carbonyl (C=O) groups excluding carboxylic acids is 1. The standard InChI is InChI=1S/C14H18BrNO4/c1-14(2,3)11(7-12(18)19)16-13(20)9-6-8(15)4-5-10(9)17/h4-6,11,17H,7H2,1-3H3,(H,16,20)(H,18,19). The highest BCUT2D eigenvalue weighted by Crippen LogP contribution is 2.25. The molecule has 6 heteroatoms. The van der Waals surface area contributed by atoms with Gasteiger partial charge in [-0.2, -0.15) is 0 Å². The minimum absolute atomic E-state index is 0.110. The van der Waals surface area contributed by atoms with E-state index in [2.05, 4.69) is 21.2 Å². The first-order chi connectivity index (χ1) is 9.11. The minimum atomic E-state index is -0.983. The summed E-state index contributed by atoms with van der Waals surface area (Å²) in [5.41, 5.74) is -0.297. The molecule has 0 aliphatic carbocycles. The van der Waals surface area contributed by atoms with Gasteiger partial charge < -0.3 is 15.5 Å². The number of aliphatic carboxylic acids is 1. The van der Waals surface area contributed by atoms with E-state index in [1.54, 1.807) is 6.07 Å². The summed E-state index contributed by atoms with van der Waals surface area (Å²) in [6, 6.07) is 3.98. The molecular formula is C14H18BrNO4. The Bertz CT molecular complexity index is 522. The molecule has 3 N–H and O–H groups in total. The van der Waals surface area contributed by atoms with Gasteiger partial charge in [0.25, 0.3) is 5.91 Å². The maximum atomic E-state index is 12.2. The Labute approximate surface area is 126 Å². The molecule has 0 bridgehead atoms. The molecule has 0 saturated carbocycles. The van der Waals surface area contributed by atoms with E-state index in [0.29, 0.717) is 4.47 Å². The highest BCUT2D eigenvalue weighted by atomic mass is 79.9. The van der Waals surface area contributed by atoms with Gasteiger partial charge in [-0.25, -0.2) is 0 Å². The number of nitrogens with one attached hydrogen (secondary N) is 1. The van der Waals surface area contributed by atoms with E-state index in [4.69, 9.17) is 5.11 Å². The molecule has 1 aromatic carbocycles. The Morgan fingerprint density at radius 1 is 1.35 bits per heavy atom. The molecule has 0 aromatic heterocycles. The van der Waals surface area contributed by atoms with Crippen LogP contribution in [0.15, 0.2) is 22.7 Å². The molecular weight excluding hydrogens is 326 g/mol. The largest absolute Gasteiger partial charge is 0.507 e. The van der Waals surface area contributed by atoms with Crippen LogP contribution >= 0.6 is 15.9 Å². The van der Waals surface area contributed by atoms with Crippen LogP contribution in [0.3, 0.4) is 0 Å². The van der Waals surface area contributed by atoms with E-state index in [1.165, 1.54) is 12.1 Å². The van der Waals surface area contributed by atoms with Crippen molar-refractivity contribution in [3.63, 3.8) is 0 Å². The number of phenolic OH excluding ortho intramolecular Hbond substituents is 1.